The van der Waals surface area contributed by atoms with Gasteiger partial charge in [0.05, 0.1) is 11.6 Å². The van der Waals surface area contributed by atoms with Gasteiger partial charge in [0.25, 0.3) is 11.8 Å². The van der Waals surface area contributed by atoms with Crippen molar-refractivity contribution in [3.63, 3.8) is 0 Å². The Morgan fingerprint density at radius 3 is 2.40 bits per heavy atom. The zero-order valence-electron chi connectivity index (χ0n) is 17.6. The van der Waals surface area contributed by atoms with Crippen LogP contribution in [0.1, 0.15) is 35.6 Å². The minimum Gasteiger partial charge on any atom is -0.325 e. The summed E-state index contributed by atoms with van der Waals surface area (Å²) in [5.41, 5.74) is 2.02. The normalized spacial score (nSPS) is 20.4. The number of benzene rings is 2. The molecule has 0 radical (unpaired) electrons. The lowest BCUT2D eigenvalue weighted by Crippen LogP contribution is -2.65. The van der Waals surface area contributed by atoms with Crippen molar-refractivity contribution in [2.45, 2.75) is 25.3 Å². The standard InChI is InChI=1S/C25H25N3O2/c1-5-19-13-10-14-20(17-26)21(19)15-22-23(29)28(4)25(6-2,24(30)27(22)3)16-18-11-8-7-9-12-18/h5,7-15H,1,6,16H2,2-4H3/b22-15-. The second kappa shape index (κ2) is 8.38. The Morgan fingerprint density at radius 2 is 1.80 bits per heavy atom. The molecule has 5 nitrogen and oxygen atoms in total. The SMILES string of the molecule is C=Cc1cccc(C#N)c1/C=C1/C(=O)N(C)C(CC)(Cc2ccccc2)C(=O)N1C. The summed E-state index contributed by atoms with van der Waals surface area (Å²) in [5.74, 6) is -0.394. The van der Waals surface area contributed by atoms with Gasteiger partial charge in [0, 0.05) is 26.1 Å². The van der Waals surface area contributed by atoms with E-state index in [1.54, 1.807) is 43.3 Å². The van der Waals surface area contributed by atoms with Gasteiger partial charge in [-0.05, 0) is 29.7 Å². The van der Waals surface area contributed by atoms with Crippen LogP contribution < -0.4 is 0 Å². The summed E-state index contributed by atoms with van der Waals surface area (Å²) in [7, 11) is 3.30. The van der Waals surface area contributed by atoms with Crippen molar-refractivity contribution in [2.24, 2.45) is 0 Å². The van der Waals surface area contributed by atoms with Gasteiger partial charge in [-0.2, -0.15) is 5.26 Å². The molecule has 0 aliphatic carbocycles. The predicted molar refractivity (Wildman–Crippen MR) is 118 cm³/mol. The average molecular weight is 399 g/mol. The van der Waals surface area contributed by atoms with Crippen molar-refractivity contribution in [3.8, 4) is 6.07 Å². The first kappa shape index (κ1) is 21.1. The van der Waals surface area contributed by atoms with Gasteiger partial charge < -0.3 is 9.80 Å². The number of rotatable bonds is 5. The molecular formula is C25H25N3O2. The van der Waals surface area contributed by atoms with Crippen LogP contribution in [0.15, 0.2) is 60.8 Å². The molecule has 0 saturated carbocycles. The minimum absolute atomic E-state index is 0.142. The van der Waals surface area contributed by atoms with Crippen LogP contribution in [0.4, 0.5) is 0 Å². The van der Waals surface area contributed by atoms with Crippen LogP contribution in [0.3, 0.4) is 0 Å². The molecule has 5 heteroatoms. The molecule has 3 rings (SSSR count). The van der Waals surface area contributed by atoms with Crippen LogP contribution in [-0.2, 0) is 16.0 Å². The summed E-state index contributed by atoms with van der Waals surface area (Å²) in [4.78, 5) is 29.9. The Morgan fingerprint density at radius 1 is 1.10 bits per heavy atom. The molecule has 0 spiro atoms. The number of nitrogens with zero attached hydrogens (tertiary/aromatic N) is 3. The molecule has 152 valence electrons. The van der Waals surface area contributed by atoms with Crippen LogP contribution in [-0.4, -0.2) is 41.2 Å². The molecule has 2 aromatic rings. The first-order valence-electron chi connectivity index (χ1n) is 9.87. The van der Waals surface area contributed by atoms with Crippen molar-refractivity contribution >= 4 is 24.0 Å². The second-order valence-corrected chi connectivity index (χ2v) is 7.43. The smallest absolute Gasteiger partial charge is 0.271 e. The molecular weight excluding hydrogens is 374 g/mol. The number of hydrogen-bond acceptors (Lipinski definition) is 3. The third-order valence-corrected chi connectivity index (χ3v) is 5.92. The van der Waals surface area contributed by atoms with E-state index >= 15 is 0 Å². The van der Waals surface area contributed by atoms with Crippen molar-refractivity contribution in [1.29, 1.82) is 5.26 Å². The molecule has 0 aromatic heterocycles. The summed E-state index contributed by atoms with van der Waals surface area (Å²) in [6.45, 7) is 5.72. The van der Waals surface area contributed by atoms with Gasteiger partial charge >= 0.3 is 0 Å². The number of amides is 2. The van der Waals surface area contributed by atoms with Crippen LogP contribution in [0.25, 0.3) is 12.2 Å². The fraction of sp³-hybridized carbons (Fsp3) is 0.240. The van der Waals surface area contributed by atoms with E-state index < -0.39 is 5.54 Å². The molecule has 1 atom stereocenters. The summed E-state index contributed by atoms with van der Waals surface area (Å²) in [6, 6.07) is 17.1. The highest BCUT2D eigenvalue weighted by atomic mass is 16.2. The largest absolute Gasteiger partial charge is 0.325 e. The van der Waals surface area contributed by atoms with Gasteiger partial charge in [0.2, 0.25) is 0 Å². The van der Waals surface area contributed by atoms with Gasteiger partial charge in [-0.3, -0.25) is 9.59 Å². The molecule has 30 heavy (non-hydrogen) atoms. The summed E-state index contributed by atoms with van der Waals surface area (Å²) < 4.78 is 0. The minimum atomic E-state index is -0.958. The molecule has 0 bridgehead atoms. The molecule has 1 aliphatic heterocycles. The quantitative estimate of drug-likeness (QED) is 0.717. The third kappa shape index (κ3) is 3.42. The van der Waals surface area contributed by atoms with Crippen molar-refractivity contribution in [1.82, 2.24) is 9.80 Å². The first-order chi connectivity index (χ1) is 14.4. The fourth-order valence-corrected chi connectivity index (χ4v) is 4.03. The summed E-state index contributed by atoms with van der Waals surface area (Å²) in [5, 5.41) is 9.50. The summed E-state index contributed by atoms with van der Waals surface area (Å²) >= 11 is 0. The van der Waals surface area contributed by atoms with Gasteiger partial charge in [-0.25, -0.2) is 0 Å². The molecule has 1 aliphatic rings. The first-order valence-corrected chi connectivity index (χ1v) is 9.87. The highest BCUT2D eigenvalue weighted by Gasteiger charge is 2.50. The van der Waals surface area contributed by atoms with E-state index in [1.165, 1.54) is 4.90 Å². The maximum Gasteiger partial charge on any atom is 0.271 e. The highest BCUT2D eigenvalue weighted by molar-refractivity contribution is 6.09. The van der Waals surface area contributed by atoms with E-state index in [4.69, 9.17) is 0 Å². The number of likely N-dealkylation sites (N-methyl/N-ethyl adjacent to an activating group) is 2. The van der Waals surface area contributed by atoms with Gasteiger partial charge in [-0.1, -0.05) is 62.0 Å². The Balaban J connectivity index is 2.09. The lowest BCUT2D eigenvalue weighted by Gasteiger charge is -2.47. The Kier molecular flexibility index (Phi) is 5.89. The van der Waals surface area contributed by atoms with Crippen LogP contribution in [0.2, 0.25) is 0 Å². The van der Waals surface area contributed by atoms with Gasteiger partial charge in [0.1, 0.15) is 11.2 Å². The van der Waals surface area contributed by atoms with E-state index in [0.29, 0.717) is 24.0 Å². The average Bonchev–Trinajstić information content (AvgIpc) is 2.78. The molecule has 0 N–H and O–H groups in total. The second-order valence-electron chi connectivity index (χ2n) is 7.43. The van der Waals surface area contributed by atoms with Crippen molar-refractivity contribution in [3.05, 3.63) is 83.1 Å². The maximum absolute atomic E-state index is 13.6. The van der Waals surface area contributed by atoms with E-state index in [1.807, 2.05) is 43.3 Å². The molecule has 1 fully saturated rings. The van der Waals surface area contributed by atoms with E-state index in [2.05, 4.69) is 12.6 Å². The topological polar surface area (TPSA) is 64.4 Å². The van der Waals surface area contributed by atoms with E-state index in [-0.39, 0.29) is 17.5 Å². The lowest BCUT2D eigenvalue weighted by atomic mass is 9.82. The van der Waals surface area contributed by atoms with E-state index in [9.17, 15) is 14.9 Å². The van der Waals surface area contributed by atoms with Gasteiger partial charge in [-0.15, -0.1) is 0 Å². The van der Waals surface area contributed by atoms with Crippen molar-refractivity contribution < 1.29 is 9.59 Å². The Hall–Kier alpha value is -3.65. The predicted octanol–water partition coefficient (Wildman–Crippen LogP) is 3.86. The third-order valence-electron chi connectivity index (χ3n) is 5.92. The highest BCUT2D eigenvalue weighted by Crippen LogP contribution is 2.34. The van der Waals surface area contributed by atoms with Crippen LogP contribution in [0.5, 0.6) is 0 Å². The maximum atomic E-state index is 13.6. The van der Waals surface area contributed by atoms with Crippen LogP contribution in [0, 0.1) is 11.3 Å². The number of piperazine rings is 1. The van der Waals surface area contributed by atoms with E-state index in [0.717, 1.165) is 11.1 Å². The molecule has 1 saturated heterocycles. The molecule has 2 amide bonds. The monoisotopic (exact) mass is 399 g/mol. The lowest BCUT2D eigenvalue weighted by molar-refractivity contribution is -0.157. The Bertz CT molecular complexity index is 1070. The zero-order valence-corrected chi connectivity index (χ0v) is 17.6. The number of carbonyl (C=O) groups is 2. The zero-order chi connectivity index (χ0) is 21.9. The number of carbonyl (C=O) groups excluding carboxylic acids is 2. The molecule has 2 aromatic carbocycles. The van der Waals surface area contributed by atoms with Crippen LogP contribution >= 0.6 is 0 Å². The Labute approximate surface area is 177 Å². The molecule has 1 heterocycles. The summed E-state index contributed by atoms with van der Waals surface area (Å²) in [6.07, 6.45) is 4.19. The fourth-order valence-electron chi connectivity index (χ4n) is 4.03. The number of nitriles is 1. The van der Waals surface area contributed by atoms with Crippen molar-refractivity contribution in [2.75, 3.05) is 14.1 Å². The molecule has 1 unspecified atom stereocenters. The van der Waals surface area contributed by atoms with Gasteiger partial charge in [0.15, 0.2) is 0 Å². The number of hydrogen-bond donors (Lipinski definition) is 0.